The van der Waals surface area contributed by atoms with Crippen molar-refractivity contribution < 1.29 is 9.90 Å². The van der Waals surface area contributed by atoms with Gasteiger partial charge in [-0.15, -0.1) is 0 Å². The zero-order valence-electron chi connectivity index (χ0n) is 11.4. The highest BCUT2D eigenvalue weighted by Crippen LogP contribution is 2.26. The molecular formula is C16H19NO2. The van der Waals surface area contributed by atoms with Crippen molar-refractivity contribution >= 4 is 5.91 Å². The molecule has 0 atom stereocenters. The Bertz CT molecular complexity index is 533. The van der Waals surface area contributed by atoms with Crippen molar-refractivity contribution in [1.29, 1.82) is 0 Å². The third kappa shape index (κ3) is 3.36. The molecule has 0 aliphatic heterocycles. The summed E-state index contributed by atoms with van der Waals surface area (Å²) in [5, 5.41) is 11.8. The number of aliphatic hydroxyl groups is 1. The molecule has 1 saturated carbocycles. The van der Waals surface area contributed by atoms with E-state index in [1.54, 1.807) is 0 Å². The van der Waals surface area contributed by atoms with Crippen LogP contribution >= 0.6 is 0 Å². The third-order valence-electron chi connectivity index (χ3n) is 3.43. The van der Waals surface area contributed by atoms with E-state index in [1.165, 1.54) is 0 Å². The largest absolute Gasteiger partial charge is 0.384 e. The van der Waals surface area contributed by atoms with Crippen LogP contribution < -0.4 is 5.32 Å². The van der Waals surface area contributed by atoms with Crippen LogP contribution in [0.5, 0.6) is 0 Å². The number of aryl methyl sites for hydroxylation is 1. The Morgan fingerprint density at radius 2 is 2.21 bits per heavy atom. The number of hydrogen-bond acceptors (Lipinski definition) is 2. The molecule has 0 bridgehead atoms. The average molecular weight is 257 g/mol. The Balaban J connectivity index is 2.17. The first kappa shape index (κ1) is 13.6. The highest BCUT2D eigenvalue weighted by atomic mass is 16.2. The Labute approximate surface area is 114 Å². The lowest BCUT2D eigenvalue weighted by Crippen LogP contribution is -2.43. The Morgan fingerprint density at radius 3 is 2.84 bits per heavy atom. The molecule has 3 heteroatoms. The summed E-state index contributed by atoms with van der Waals surface area (Å²) in [6.45, 7) is 3.94. The number of rotatable bonds is 2. The van der Waals surface area contributed by atoms with Gasteiger partial charge in [-0.2, -0.15) is 0 Å². The van der Waals surface area contributed by atoms with Gasteiger partial charge < -0.3 is 10.4 Å². The van der Waals surface area contributed by atoms with E-state index in [1.807, 2.05) is 25.1 Å². The minimum atomic E-state index is -0.199. The lowest BCUT2D eigenvalue weighted by molar-refractivity contribution is 0.0895. The first-order valence-electron chi connectivity index (χ1n) is 6.61. The maximum atomic E-state index is 12.2. The molecule has 0 spiro atoms. The molecule has 0 saturated heterocycles. The fourth-order valence-electron chi connectivity index (χ4n) is 2.37. The van der Waals surface area contributed by atoms with Crippen molar-refractivity contribution in [2.75, 3.05) is 6.61 Å². The van der Waals surface area contributed by atoms with Gasteiger partial charge in [0.25, 0.3) is 5.91 Å². The van der Waals surface area contributed by atoms with Gasteiger partial charge in [0.2, 0.25) is 0 Å². The van der Waals surface area contributed by atoms with Gasteiger partial charge in [0.1, 0.15) is 6.61 Å². The van der Waals surface area contributed by atoms with Crippen LogP contribution in [0.15, 0.2) is 18.2 Å². The van der Waals surface area contributed by atoms with Gasteiger partial charge in [-0.3, -0.25) is 4.79 Å². The average Bonchev–Trinajstić information content (AvgIpc) is 2.35. The minimum Gasteiger partial charge on any atom is -0.384 e. The number of benzene rings is 1. The summed E-state index contributed by atoms with van der Waals surface area (Å²) in [7, 11) is 0. The number of carbonyl (C=O) groups excluding carboxylic acids is 1. The first-order valence-corrected chi connectivity index (χ1v) is 6.61. The Hall–Kier alpha value is -1.79. The van der Waals surface area contributed by atoms with Gasteiger partial charge in [-0.25, -0.2) is 0 Å². The number of nitrogens with one attached hydrogen (secondary N) is 1. The van der Waals surface area contributed by atoms with E-state index >= 15 is 0 Å². The van der Waals surface area contributed by atoms with Crippen molar-refractivity contribution in [3.05, 3.63) is 34.9 Å². The van der Waals surface area contributed by atoms with E-state index in [0.717, 1.165) is 18.4 Å². The summed E-state index contributed by atoms with van der Waals surface area (Å²) in [4.78, 5) is 12.2. The molecule has 1 aromatic rings. The van der Waals surface area contributed by atoms with Crippen LogP contribution in [0.25, 0.3) is 0 Å². The molecule has 2 N–H and O–H groups in total. The molecule has 100 valence electrons. The molecule has 1 aromatic carbocycles. The molecule has 0 heterocycles. The topological polar surface area (TPSA) is 49.3 Å². The summed E-state index contributed by atoms with van der Waals surface area (Å²) < 4.78 is 0. The number of carbonyl (C=O) groups is 1. The van der Waals surface area contributed by atoms with Crippen LogP contribution in [0, 0.1) is 24.7 Å². The van der Waals surface area contributed by atoms with Crippen molar-refractivity contribution in [3.63, 3.8) is 0 Å². The molecule has 0 unspecified atom stereocenters. The van der Waals surface area contributed by atoms with Crippen molar-refractivity contribution in [2.24, 2.45) is 5.92 Å². The molecular weight excluding hydrogens is 238 g/mol. The van der Waals surface area contributed by atoms with Gasteiger partial charge in [0.15, 0.2) is 0 Å². The van der Waals surface area contributed by atoms with Gasteiger partial charge in [0, 0.05) is 11.6 Å². The van der Waals surface area contributed by atoms with Crippen LogP contribution in [0.4, 0.5) is 0 Å². The molecule has 2 rings (SSSR count). The number of amides is 1. The maximum Gasteiger partial charge on any atom is 0.252 e. The zero-order valence-corrected chi connectivity index (χ0v) is 11.4. The first-order chi connectivity index (χ1) is 9.10. The number of hydrogen-bond donors (Lipinski definition) is 2. The maximum absolute atomic E-state index is 12.2. The summed E-state index contributed by atoms with van der Waals surface area (Å²) in [6, 6.07) is 5.89. The molecule has 1 aliphatic carbocycles. The van der Waals surface area contributed by atoms with Crippen LogP contribution in [-0.2, 0) is 0 Å². The lowest BCUT2D eigenvalue weighted by Gasteiger charge is -2.33. The van der Waals surface area contributed by atoms with E-state index in [0.29, 0.717) is 23.1 Å². The van der Waals surface area contributed by atoms with Crippen LogP contribution in [0.1, 0.15) is 41.3 Å². The smallest absolute Gasteiger partial charge is 0.252 e. The Kier molecular flexibility index (Phi) is 4.24. The monoisotopic (exact) mass is 257 g/mol. The van der Waals surface area contributed by atoms with E-state index in [4.69, 9.17) is 5.11 Å². The normalized spacial score (nSPS) is 21.0. The van der Waals surface area contributed by atoms with Gasteiger partial charge >= 0.3 is 0 Å². The zero-order chi connectivity index (χ0) is 13.8. The SMILES string of the molecule is Cc1ccc(C#CCO)c(C(=O)NC2CC(C)C2)c1. The third-order valence-corrected chi connectivity index (χ3v) is 3.43. The predicted octanol–water partition coefficient (Wildman–Crippen LogP) is 1.87. The van der Waals surface area contributed by atoms with Crippen LogP contribution in [0.3, 0.4) is 0 Å². The standard InChI is InChI=1S/C16H19NO2/c1-11-5-6-13(4-3-7-18)15(10-11)16(19)17-14-8-12(2)9-14/h5-6,10,12,14,18H,7-9H2,1-2H3,(H,17,19). The van der Waals surface area contributed by atoms with Gasteiger partial charge in [-0.05, 0) is 37.8 Å². The second-order valence-corrected chi connectivity index (χ2v) is 5.26. The summed E-state index contributed by atoms with van der Waals surface area (Å²) in [6.07, 6.45) is 2.10. The van der Waals surface area contributed by atoms with E-state index in [9.17, 15) is 4.79 Å². The molecule has 0 aromatic heterocycles. The second-order valence-electron chi connectivity index (χ2n) is 5.26. The highest BCUT2D eigenvalue weighted by Gasteiger charge is 2.27. The number of aliphatic hydroxyl groups excluding tert-OH is 1. The summed E-state index contributed by atoms with van der Waals surface area (Å²) >= 11 is 0. The minimum absolute atomic E-state index is 0.0668. The molecule has 0 radical (unpaired) electrons. The van der Waals surface area contributed by atoms with Crippen LogP contribution in [0.2, 0.25) is 0 Å². The van der Waals surface area contributed by atoms with E-state index in [2.05, 4.69) is 24.1 Å². The molecule has 1 aliphatic rings. The fraction of sp³-hybridized carbons (Fsp3) is 0.438. The molecule has 1 amide bonds. The van der Waals surface area contributed by atoms with E-state index in [-0.39, 0.29) is 12.5 Å². The summed E-state index contributed by atoms with van der Waals surface area (Å²) in [5.41, 5.74) is 2.30. The van der Waals surface area contributed by atoms with E-state index < -0.39 is 0 Å². The molecule has 19 heavy (non-hydrogen) atoms. The van der Waals surface area contributed by atoms with Crippen molar-refractivity contribution in [2.45, 2.75) is 32.7 Å². The van der Waals surface area contributed by atoms with Crippen LogP contribution in [-0.4, -0.2) is 23.7 Å². The van der Waals surface area contributed by atoms with Gasteiger partial charge in [0.05, 0.1) is 5.56 Å². The summed E-state index contributed by atoms with van der Waals surface area (Å²) in [5.74, 6) is 6.06. The lowest BCUT2D eigenvalue weighted by atomic mass is 9.82. The Morgan fingerprint density at radius 1 is 1.47 bits per heavy atom. The quantitative estimate of drug-likeness (QED) is 0.795. The fourth-order valence-corrected chi connectivity index (χ4v) is 2.37. The highest BCUT2D eigenvalue weighted by molar-refractivity contribution is 5.97. The molecule has 1 fully saturated rings. The molecule has 3 nitrogen and oxygen atoms in total. The van der Waals surface area contributed by atoms with Crippen molar-refractivity contribution in [3.8, 4) is 11.8 Å². The predicted molar refractivity (Wildman–Crippen MR) is 74.8 cm³/mol. The second kappa shape index (κ2) is 5.90. The van der Waals surface area contributed by atoms with Crippen molar-refractivity contribution in [1.82, 2.24) is 5.32 Å². The van der Waals surface area contributed by atoms with Gasteiger partial charge in [-0.1, -0.05) is 30.4 Å².